The first-order valence-corrected chi connectivity index (χ1v) is 10.8. The van der Waals surface area contributed by atoms with Gasteiger partial charge < -0.3 is 9.64 Å². The van der Waals surface area contributed by atoms with E-state index in [1.165, 1.54) is 0 Å². The van der Waals surface area contributed by atoms with Crippen LogP contribution < -0.4 is 10.2 Å². The normalized spacial score (nSPS) is 16.3. The van der Waals surface area contributed by atoms with Crippen LogP contribution in [0.4, 0.5) is 0 Å². The minimum atomic E-state index is -0.654. The zero-order valence-corrected chi connectivity index (χ0v) is 18.5. The molecule has 7 nitrogen and oxygen atoms in total. The van der Waals surface area contributed by atoms with Crippen LogP contribution in [0, 0.1) is 0 Å². The minimum Gasteiger partial charge on any atom is -0.497 e. The van der Waals surface area contributed by atoms with Crippen molar-refractivity contribution in [1.29, 1.82) is 0 Å². The van der Waals surface area contributed by atoms with E-state index >= 15 is 0 Å². The fourth-order valence-electron chi connectivity index (χ4n) is 4.10. The van der Waals surface area contributed by atoms with E-state index in [9.17, 15) is 14.8 Å². The van der Waals surface area contributed by atoms with Crippen LogP contribution >= 0.6 is 0 Å². The average molecular weight is 446 g/mol. The van der Waals surface area contributed by atoms with E-state index in [0.717, 1.165) is 22.4 Å². The Balaban J connectivity index is 1.46. The van der Waals surface area contributed by atoms with Gasteiger partial charge in [-0.15, -0.1) is 0 Å². The Bertz CT molecular complexity index is 1080. The molecule has 33 heavy (non-hydrogen) atoms. The molecule has 1 aliphatic rings. The quantitative estimate of drug-likeness (QED) is 0.450. The predicted molar refractivity (Wildman–Crippen MR) is 125 cm³/mol. The highest BCUT2D eigenvalue weighted by Crippen LogP contribution is 2.22. The summed E-state index contributed by atoms with van der Waals surface area (Å²) in [5, 5.41) is 9.27. The van der Waals surface area contributed by atoms with Gasteiger partial charge in [-0.05, 0) is 41.0 Å². The Kier molecular flexibility index (Phi) is 7.02. The monoisotopic (exact) mass is 445 g/mol. The highest BCUT2D eigenvalue weighted by molar-refractivity contribution is 5.95. The number of carbonyl (C=O) groups is 2. The van der Waals surface area contributed by atoms with Gasteiger partial charge in [-0.2, -0.15) is 0 Å². The molecular formula is C26H27N3O4. The van der Waals surface area contributed by atoms with Crippen molar-refractivity contribution >= 4 is 11.8 Å². The lowest BCUT2D eigenvalue weighted by Crippen LogP contribution is -2.59. The van der Waals surface area contributed by atoms with Crippen molar-refractivity contribution in [3.05, 3.63) is 90.0 Å². The molecule has 0 aromatic heterocycles. The number of hydroxylamine groups is 1. The molecule has 1 fully saturated rings. The molecule has 7 heteroatoms. The molecule has 3 aromatic carbocycles. The zero-order chi connectivity index (χ0) is 23.2. The second-order valence-electron chi connectivity index (χ2n) is 8.00. The van der Waals surface area contributed by atoms with Crippen molar-refractivity contribution in [1.82, 2.24) is 15.3 Å². The summed E-state index contributed by atoms with van der Waals surface area (Å²) in [6.07, 6.45) is 0. The molecule has 2 N–H and O–H groups in total. The summed E-state index contributed by atoms with van der Waals surface area (Å²) in [6, 6.07) is 24.4. The summed E-state index contributed by atoms with van der Waals surface area (Å²) in [7, 11) is 1.61. The van der Waals surface area contributed by atoms with E-state index < -0.39 is 11.9 Å². The molecule has 0 bridgehead atoms. The molecule has 0 spiro atoms. The Morgan fingerprint density at radius 2 is 1.61 bits per heavy atom. The van der Waals surface area contributed by atoms with E-state index in [1.54, 1.807) is 17.5 Å². The molecule has 1 aliphatic heterocycles. The molecular weight excluding hydrogens is 418 g/mol. The molecule has 0 saturated carbocycles. The second kappa shape index (κ2) is 10.3. The molecule has 1 saturated heterocycles. The summed E-state index contributed by atoms with van der Waals surface area (Å²) in [4.78, 5) is 29.2. The SMILES string of the molecule is COc1ccc(CN2CCN(C(=O)c3ccc(-c4ccccc4)cc3)CC2C(=O)NO)cc1. The lowest BCUT2D eigenvalue weighted by Gasteiger charge is -2.40. The van der Waals surface area contributed by atoms with Gasteiger partial charge in [0.25, 0.3) is 11.8 Å². The number of hydrogen-bond acceptors (Lipinski definition) is 5. The number of methoxy groups -OCH3 is 1. The van der Waals surface area contributed by atoms with Crippen molar-refractivity contribution in [3.63, 3.8) is 0 Å². The number of carbonyl (C=O) groups excluding carboxylic acids is 2. The summed E-state index contributed by atoms with van der Waals surface area (Å²) in [5.41, 5.74) is 5.46. The Morgan fingerprint density at radius 1 is 0.939 bits per heavy atom. The topological polar surface area (TPSA) is 82.1 Å². The van der Waals surface area contributed by atoms with Crippen LogP contribution in [-0.2, 0) is 11.3 Å². The summed E-state index contributed by atoms with van der Waals surface area (Å²) in [5.74, 6) is 0.104. The smallest absolute Gasteiger partial charge is 0.262 e. The molecule has 0 radical (unpaired) electrons. The Morgan fingerprint density at radius 3 is 2.24 bits per heavy atom. The largest absolute Gasteiger partial charge is 0.497 e. The Hall–Kier alpha value is -3.68. The van der Waals surface area contributed by atoms with Gasteiger partial charge in [0.15, 0.2) is 0 Å². The first-order valence-electron chi connectivity index (χ1n) is 10.8. The van der Waals surface area contributed by atoms with Gasteiger partial charge in [0, 0.05) is 31.7 Å². The van der Waals surface area contributed by atoms with Crippen molar-refractivity contribution in [2.24, 2.45) is 0 Å². The summed E-state index contributed by atoms with van der Waals surface area (Å²) >= 11 is 0. The maximum Gasteiger partial charge on any atom is 0.262 e. The lowest BCUT2D eigenvalue weighted by molar-refractivity contribution is -0.137. The maximum atomic E-state index is 13.1. The molecule has 0 aliphatic carbocycles. The second-order valence-corrected chi connectivity index (χ2v) is 8.00. The average Bonchev–Trinajstić information content (AvgIpc) is 2.89. The van der Waals surface area contributed by atoms with Crippen LogP contribution in [0.3, 0.4) is 0 Å². The molecule has 4 rings (SSSR count). The van der Waals surface area contributed by atoms with Crippen LogP contribution in [-0.4, -0.2) is 59.6 Å². The number of benzene rings is 3. The van der Waals surface area contributed by atoms with E-state index in [1.807, 2.05) is 83.8 Å². The first-order chi connectivity index (χ1) is 16.1. The van der Waals surface area contributed by atoms with Gasteiger partial charge in [-0.1, -0.05) is 54.6 Å². The fourth-order valence-corrected chi connectivity index (χ4v) is 4.10. The van der Waals surface area contributed by atoms with E-state index in [-0.39, 0.29) is 12.5 Å². The van der Waals surface area contributed by atoms with Crippen molar-refractivity contribution in [3.8, 4) is 16.9 Å². The van der Waals surface area contributed by atoms with E-state index in [4.69, 9.17) is 4.74 Å². The fraction of sp³-hybridized carbons (Fsp3) is 0.231. The standard InChI is InChI=1S/C26H27N3O4/c1-33-23-13-7-19(8-14-23)17-28-15-16-29(18-24(28)25(30)27-32)26(31)22-11-9-21(10-12-22)20-5-3-2-4-6-20/h2-14,24,32H,15-18H2,1H3,(H,27,30). The number of rotatable bonds is 6. The number of hydrogen-bond donors (Lipinski definition) is 2. The molecule has 3 aromatic rings. The summed E-state index contributed by atoms with van der Waals surface area (Å²) < 4.78 is 5.20. The van der Waals surface area contributed by atoms with Gasteiger partial charge >= 0.3 is 0 Å². The van der Waals surface area contributed by atoms with Gasteiger partial charge in [0.05, 0.1) is 7.11 Å². The van der Waals surface area contributed by atoms with Crippen LogP contribution in [0.15, 0.2) is 78.9 Å². The zero-order valence-electron chi connectivity index (χ0n) is 18.5. The van der Waals surface area contributed by atoms with Gasteiger partial charge in [-0.3, -0.25) is 19.7 Å². The predicted octanol–water partition coefficient (Wildman–Crippen LogP) is 3.19. The number of nitrogens with one attached hydrogen (secondary N) is 1. The van der Waals surface area contributed by atoms with Crippen LogP contribution in [0.1, 0.15) is 15.9 Å². The van der Waals surface area contributed by atoms with Crippen molar-refractivity contribution in [2.45, 2.75) is 12.6 Å². The van der Waals surface area contributed by atoms with Crippen molar-refractivity contribution in [2.75, 3.05) is 26.7 Å². The number of amides is 2. The molecule has 1 heterocycles. The Labute approximate surface area is 193 Å². The van der Waals surface area contributed by atoms with Crippen molar-refractivity contribution < 1.29 is 19.5 Å². The van der Waals surface area contributed by atoms with Crippen LogP contribution in [0.2, 0.25) is 0 Å². The number of nitrogens with zero attached hydrogens (tertiary/aromatic N) is 2. The van der Waals surface area contributed by atoms with E-state index in [2.05, 4.69) is 0 Å². The van der Waals surface area contributed by atoms with Gasteiger partial charge in [-0.25, -0.2) is 5.48 Å². The lowest BCUT2D eigenvalue weighted by atomic mass is 10.0. The number of ether oxygens (including phenoxy) is 1. The summed E-state index contributed by atoms with van der Waals surface area (Å²) in [6.45, 7) is 1.72. The van der Waals surface area contributed by atoms with Gasteiger partial charge in [0.2, 0.25) is 0 Å². The third-order valence-corrected chi connectivity index (χ3v) is 5.97. The van der Waals surface area contributed by atoms with Crippen LogP contribution in [0.5, 0.6) is 5.75 Å². The third kappa shape index (κ3) is 5.22. The van der Waals surface area contributed by atoms with E-state index in [0.29, 0.717) is 25.2 Å². The molecule has 1 unspecified atom stereocenters. The highest BCUT2D eigenvalue weighted by atomic mass is 16.5. The minimum absolute atomic E-state index is 0.130. The third-order valence-electron chi connectivity index (χ3n) is 5.97. The first kappa shape index (κ1) is 22.5. The molecule has 2 amide bonds. The van der Waals surface area contributed by atoms with Gasteiger partial charge in [0.1, 0.15) is 11.8 Å². The maximum absolute atomic E-state index is 13.1. The highest BCUT2D eigenvalue weighted by Gasteiger charge is 2.34. The molecule has 1 atom stereocenters. The number of piperazine rings is 1. The van der Waals surface area contributed by atoms with Crippen LogP contribution in [0.25, 0.3) is 11.1 Å². The molecule has 170 valence electrons.